The van der Waals surface area contributed by atoms with E-state index in [1.165, 1.54) is 25.3 Å². The molecule has 0 radical (unpaired) electrons. The minimum absolute atomic E-state index is 0.000944. The molecular weight excluding hydrogens is 450 g/mol. The van der Waals surface area contributed by atoms with Crippen molar-refractivity contribution in [2.24, 2.45) is 0 Å². The number of hydrogen-bond donors (Lipinski definition) is 2. The highest BCUT2D eigenvalue weighted by Crippen LogP contribution is 2.29. The zero-order valence-electron chi connectivity index (χ0n) is 15.6. The van der Waals surface area contributed by atoms with E-state index in [9.17, 15) is 18.4 Å². The second-order valence-corrected chi connectivity index (χ2v) is 7.41. The number of nitrogens with one attached hydrogen (secondary N) is 2. The van der Waals surface area contributed by atoms with Gasteiger partial charge in [0.05, 0.1) is 30.9 Å². The molecule has 1 atom stereocenters. The normalized spacial score (nSPS) is 15.4. The van der Waals surface area contributed by atoms with Crippen molar-refractivity contribution in [3.63, 3.8) is 0 Å². The second-order valence-electron chi connectivity index (χ2n) is 6.50. The second kappa shape index (κ2) is 9.32. The fourth-order valence-corrected chi connectivity index (χ4v) is 3.13. The van der Waals surface area contributed by atoms with Crippen molar-refractivity contribution in [2.75, 3.05) is 30.9 Å². The van der Waals surface area contributed by atoms with Gasteiger partial charge in [-0.2, -0.15) is 0 Å². The maximum atomic E-state index is 14.7. The Labute approximate surface area is 174 Å². The predicted octanol–water partition coefficient (Wildman–Crippen LogP) is 3.90. The first-order valence-electron chi connectivity index (χ1n) is 8.88. The molecule has 29 heavy (non-hydrogen) atoms. The maximum absolute atomic E-state index is 14.7. The van der Waals surface area contributed by atoms with Gasteiger partial charge in [0, 0.05) is 17.6 Å². The first kappa shape index (κ1) is 21.2. The third-order valence-corrected chi connectivity index (χ3v) is 4.95. The minimum Gasteiger partial charge on any atom is -0.465 e. The van der Waals surface area contributed by atoms with Gasteiger partial charge < -0.3 is 20.1 Å². The van der Waals surface area contributed by atoms with Crippen LogP contribution in [0.5, 0.6) is 0 Å². The Morgan fingerprint density at radius 2 is 2.00 bits per heavy atom. The van der Waals surface area contributed by atoms with E-state index in [1.54, 1.807) is 6.07 Å². The molecule has 0 spiro atoms. The Balaban J connectivity index is 1.81. The Kier molecular flexibility index (Phi) is 6.81. The largest absolute Gasteiger partial charge is 0.465 e. The Hall–Kier alpha value is -2.52. The van der Waals surface area contributed by atoms with Crippen LogP contribution >= 0.6 is 15.9 Å². The van der Waals surface area contributed by atoms with Gasteiger partial charge in [-0.3, -0.25) is 4.79 Å². The Morgan fingerprint density at radius 1 is 1.24 bits per heavy atom. The predicted molar refractivity (Wildman–Crippen MR) is 107 cm³/mol. The average Bonchev–Trinajstić information content (AvgIpc) is 2.64. The molecule has 1 aliphatic heterocycles. The first-order chi connectivity index (χ1) is 13.9. The quantitative estimate of drug-likeness (QED) is 0.602. The summed E-state index contributed by atoms with van der Waals surface area (Å²) < 4.78 is 39.2. The molecule has 2 aromatic carbocycles. The van der Waals surface area contributed by atoms with Gasteiger partial charge in [0.25, 0.3) is 0 Å². The number of hydrogen-bond acceptors (Lipinski definition) is 5. The van der Waals surface area contributed by atoms with Crippen molar-refractivity contribution in [2.45, 2.75) is 18.9 Å². The molecule has 1 fully saturated rings. The molecule has 154 valence electrons. The summed E-state index contributed by atoms with van der Waals surface area (Å²) in [7, 11) is 1.19. The van der Waals surface area contributed by atoms with E-state index >= 15 is 0 Å². The van der Waals surface area contributed by atoms with Gasteiger partial charge >= 0.3 is 5.97 Å². The Morgan fingerprint density at radius 3 is 2.62 bits per heavy atom. The molecule has 0 aromatic heterocycles. The highest BCUT2D eigenvalue weighted by Gasteiger charge is 2.21. The van der Waals surface area contributed by atoms with Gasteiger partial charge in [-0.1, -0.05) is 22.0 Å². The number of benzene rings is 2. The number of halogens is 3. The van der Waals surface area contributed by atoms with E-state index < -0.39 is 23.5 Å². The standard InChI is InChI=1S/C20H19BrF2N2O4/c1-28-20(27)12-6-16(23)19(17(7-12)24-10-14-4-5-29-14)25-18(26)8-11-2-3-13(21)9-15(11)22/h2-3,6-7,9,14,24H,4-5,8,10H2,1H3,(H,25,26)/t14-/m0/s1. The van der Waals surface area contributed by atoms with Gasteiger partial charge in [0.2, 0.25) is 5.91 Å². The van der Waals surface area contributed by atoms with E-state index in [2.05, 4.69) is 31.3 Å². The summed E-state index contributed by atoms with van der Waals surface area (Å²) in [6.45, 7) is 1.04. The molecule has 3 rings (SSSR count). The lowest BCUT2D eigenvalue weighted by molar-refractivity contribution is -0.115. The van der Waals surface area contributed by atoms with Gasteiger partial charge in [0.1, 0.15) is 17.3 Å². The molecule has 0 aliphatic carbocycles. The van der Waals surface area contributed by atoms with Crippen molar-refractivity contribution in [1.29, 1.82) is 0 Å². The third kappa shape index (κ3) is 5.30. The van der Waals surface area contributed by atoms with Crippen molar-refractivity contribution >= 4 is 39.2 Å². The molecule has 1 amide bonds. The fourth-order valence-electron chi connectivity index (χ4n) is 2.80. The van der Waals surface area contributed by atoms with Crippen LogP contribution in [0.1, 0.15) is 22.3 Å². The molecule has 1 saturated heterocycles. The van der Waals surface area contributed by atoms with Crippen LogP contribution in [-0.2, 0) is 20.7 Å². The lowest BCUT2D eigenvalue weighted by atomic mass is 10.1. The summed E-state index contributed by atoms with van der Waals surface area (Å²) in [6.07, 6.45) is 0.555. The summed E-state index contributed by atoms with van der Waals surface area (Å²) in [5.41, 5.74) is 0.263. The molecule has 9 heteroatoms. The van der Waals surface area contributed by atoms with Crippen LogP contribution in [0.3, 0.4) is 0 Å². The van der Waals surface area contributed by atoms with Crippen molar-refractivity contribution in [3.05, 3.63) is 57.6 Å². The summed E-state index contributed by atoms with van der Waals surface area (Å²) >= 11 is 3.15. The molecular formula is C20H19BrF2N2O4. The topological polar surface area (TPSA) is 76.7 Å². The Bertz CT molecular complexity index is 935. The van der Waals surface area contributed by atoms with E-state index in [0.717, 1.165) is 12.5 Å². The molecule has 0 unspecified atom stereocenters. The zero-order valence-corrected chi connectivity index (χ0v) is 17.1. The lowest BCUT2D eigenvalue weighted by Gasteiger charge is -2.27. The summed E-state index contributed by atoms with van der Waals surface area (Å²) in [5, 5.41) is 5.46. The summed E-state index contributed by atoms with van der Waals surface area (Å²) in [5.74, 6) is -2.66. The van der Waals surface area contributed by atoms with Crippen LogP contribution < -0.4 is 10.6 Å². The first-order valence-corrected chi connectivity index (χ1v) is 9.67. The van der Waals surface area contributed by atoms with Gasteiger partial charge in [0.15, 0.2) is 0 Å². The smallest absolute Gasteiger partial charge is 0.338 e. The van der Waals surface area contributed by atoms with Crippen molar-refractivity contribution in [3.8, 4) is 0 Å². The maximum Gasteiger partial charge on any atom is 0.338 e. The van der Waals surface area contributed by atoms with Gasteiger partial charge in [-0.25, -0.2) is 13.6 Å². The molecule has 0 saturated carbocycles. The number of anilines is 2. The van der Waals surface area contributed by atoms with E-state index in [1.807, 2.05) is 0 Å². The fraction of sp³-hybridized carbons (Fsp3) is 0.300. The van der Waals surface area contributed by atoms with E-state index in [-0.39, 0.29) is 35.0 Å². The van der Waals surface area contributed by atoms with Crippen LogP contribution in [0.4, 0.5) is 20.2 Å². The van der Waals surface area contributed by atoms with Gasteiger partial charge in [-0.15, -0.1) is 0 Å². The summed E-state index contributed by atoms with van der Waals surface area (Å²) in [4.78, 5) is 24.2. The molecule has 0 bridgehead atoms. The van der Waals surface area contributed by atoms with Crippen LogP contribution in [0, 0.1) is 11.6 Å². The van der Waals surface area contributed by atoms with Crippen LogP contribution in [0.15, 0.2) is 34.8 Å². The van der Waals surface area contributed by atoms with Crippen molar-refractivity contribution < 1.29 is 27.8 Å². The highest BCUT2D eigenvalue weighted by atomic mass is 79.9. The number of methoxy groups -OCH3 is 1. The number of ether oxygens (including phenoxy) is 2. The minimum atomic E-state index is -0.811. The number of carbonyl (C=O) groups is 2. The highest BCUT2D eigenvalue weighted by molar-refractivity contribution is 9.10. The number of rotatable bonds is 7. The monoisotopic (exact) mass is 468 g/mol. The molecule has 1 aliphatic rings. The summed E-state index contributed by atoms with van der Waals surface area (Å²) in [6, 6.07) is 6.71. The zero-order chi connectivity index (χ0) is 21.0. The van der Waals surface area contributed by atoms with Crippen LogP contribution in [0.25, 0.3) is 0 Å². The van der Waals surface area contributed by atoms with Gasteiger partial charge in [-0.05, 0) is 36.2 Å². The molecule has 2 aromatic rings. The lowest BCUT2D eigenvalue weighted by Crippen LogP contribution is -2.33. The van der Waals surface area contributed by atoms with Crippen molar-refractivity contribution in [1.82, 2.24) is 0 Å². The van der Waals surface area contributed by atoms with E-state index in [4.69, 9.17) is 4.74 Å². The number of amides is 1. The molecule has 1 heterocycles. The molecule has 6 nitrogen and oxygen atoms in total. The average molecular weight is 469 g/mol. The van der Waals surface area contributed by atoms with Crippen LogP contribution in [0.2, 0.25) is 0 Å². The van der Waals surface area contributed by atoms with Crippen LogP contribution in [-0.4, -0.2) is 38.2 Å². The number of esters is 1. The SMILES string of the molecule is COC(=O)c1cc(F)c(NC(=O)Cc2ccc(Br)cc2F)c(NC[C@@H]2CCO2)c1. The number of carbonyl (C=O) groups excluding carboxylic acids is 2. The van der Waals surface area contributed by atoms with E-state index in [0.29, 0.717) is 17.6 Å². The third-order valence-electron chi connectivity index (χ3n) is 4.46. The molecule has 2 N–H and O–H groups in total.